The minimum absolute atomic E-state index is 0.0460. The summed E-state index contributed by atoms with van der Waals surface area (Å²) in [6.45, 7) is 18.3. The minimum atomic E-state index is -0.0460. The maximum Gasteiger partial charge on any atom is 0.269 e. The first-order valence-corrected chi connectivity index (χ1v) is 26.9. The predicted octanol–water partition coefficient (Wildman–Crippen LogP) is 18.1. The molecule has 4 aromatic heterocycles. The van der Waals surface area contributed by atoms with Crippen LogP contribution in [0.3, 0.4) is 0 Å². The summed E-state index contributed by atoms with van der Waals surface area (Å²) in [4.78, 5) is 5.01. The van der Waals surface area contributed by atoms with Gasteiger partial charge < -0.3 is 9.30 Å². The van der Waals surface area contributed by atoms with Gasteiger partial charge in [0.2, 0.25) is 0 Å². The number of ether oxygens (including phenoxy) is 1. The summed E-state index contributed by atoms with van der Waals surface area (Å²) in [5.41, 5.74) is 18.0. The topological polar surface area (TPSA) is 40.8 Å². The summed E-state index contributed by atoms with van der Waals surface area (Å²) in [5, 5.41) is 4.74. The molecule has 4 heterocycles. The van der Waals surface area contributed by atoms with Crippen LogP contribution in [0.25, 0.3) is 99.8 Å². The molecule has 77 heavy (non-hydrogen) atoms. The smallest absolute Gasteiger partial charge is 0.269 e. The quantitative estimate of drug-likeness (QED) is 0.107. The fraction of sp³-hybridized carbons (Fsp3) is 0.155. The molecule has 9 aromatic carbocycles. The highest BCUT2D eigenvalue weighted by atomic mass is 16.5. The van der Waals surface area contributed by atoms with E-state index in [1.807, 2.05) is 12.3 Å². The van der Waals surface area contributed by atoms with Crippen molar-refractivity contribution in [3.63, 3.8) is 0 Å². The van der Waals surface area contributed by atoms with E-state index in [2.05, 4.69) is 286 Å². The van der Waals surface area contributed by atoms with Gasteiger partial charge in [-0.3, -0.25) is 13.7 Å². The van der Waals surface area contributed by atoms with Crippen molar-refractivity contribution < 1.29 is 9.30 Å². The highest BCUT2D eigenvalue weighted by Gasteiger charge is 2.25. The van der Waals surface area contributed by atoms with Gasteiger partial charge in [0.15, 0.2) is 0 Å². The van der Waals surface area contributed by atoms with Crippen molar-refractivity contribution in [1.82, 2.24) is 18.7 Å². The van der Waals surface area contributed by atoms with Crippen LogP contribution in [0.5, 0.6) is 11.5 Å². The number of benzene rings is 9. The second kappa shape index (κ2) is 18.4. The molecule has 376 valence electrons. The third-order valence-corrected chi connectivity index (χ3v) is 15.4. The second-order valence-electron chi connectivity index (χ2n) is 22.9. The average molecular weight is 1000 g/mol. The van der Waals surface area contributed by atoms with Crippen molar-refractivity contribution in [2.75, 3.05) is 0 Å². The number of para-hydroxylation sites is 5. The molecule has 0 N–H and O–H groups in total. The third-order valence-electron chi connectivity index (χ3n) is 15.4. The maximum absolute atomic E-state index is 6.94. The largest absolute Gasteiger partial charge is 0.458 e. The van der Waals surface area contributed by atoms with E-state index >= 15 is 0 Å². The Morgan fingerprint density at radius 1 is 0.455 bits per heavy atom. The van der Waals surface area contributed by atoms with E-state index in [4.69, 9.17) is 9.72 Å². The number of pyridine rings is 1. The average Bonchev–Trinajstić information content (AvgIpc) is 4.11. The van der Waals surface area contributed by atoms with Gasteiger partial charge in [0.05, 0.1) is 44.5 Å². The third kappa shape index (κ3) is 8.36. The lowest BCUT2D eigenvalue weighted by Crippen LogP contribution is -2.31. The normalized spacial score (nSPS) is 12.3. The molecule has 0 unspecified atom stereocenters. The van der Waals surface area contributed by atoms with E-state index in [9.17, 15) is 0 Å². The van der Waals surface area contributed by atoms with Gasteiger partial charge in [0.1, 0.15) is 17.3 Å². The SMILES string of the molecule is CC(C)c1ccnc(-n2c3ccc(-n4c5ccccc5c5ccccc54)cc3c3ccc(Oc4cccc(-n5[c-][n+](-c6c(-c7ccccc7)cccc6-c6cc(C(C)(C)C)cc(C(C)(C)C)c6)c6ccccc65)c4)cc32)c1. The molecule has 0 aliphatic heterocycles. The van der Waals surface area contributed by atoms with Crippen LogP contribution < -0.4 is 9.30 Å². The van der Waals surface area contributed by atoms with Crippen LogP contribution in [-0.2, 0) is 10.8 Å². The Bertz CT molecular complexity index is 4340. The van der Waals surface area contributed by atoms with Crippen molar-refractivity contribution in [3.8, 4) is 56.6 Å². The molecule has 0 aliphatic rings. The lowest BCUT2D eigenvalue weighted by molar-refractivity contribution is -0.571. The number of hydrogen-bond donors (Lipinski definition) is 0. The number of fused-ring (bicyclic) bond motifs is 7. The monoisotopic (exact) mass is 999 g/mol. The van der Waals surface area contributed by atoms with Crippen molar-refractivity contribution in [2.45, 2.75) is 72.1 Å². The molecule has 0 bridgehead atoms. The van der Waals surface area contributed by atoms with Crippen LogP contribution in [-0.4, -0.2) is 18.7 Å². The fourth-order valence-electron chi connectivity index (χ4n) is 11.3. The number of imidazole rings is 1. The van der Waals surface area contributed by atoms with Gasteiger partial charge in [-0.05, 0) is 128 Å². The lowest BCUT2D eigenvalue weighted by atomic mass is 9.78. The molecule has 0 aliphatic carbocycles. The molecule has 0 atom stereocenters. The predicted molar refractivity (Wildman–Crippen MR) is 319 cm³/mol. The molecule has 0 saturated carbocycles. The second-order valence-corrected chi connectivity index (χ2v) is 22.9. The Labute approximate surface area is 450 Å². The summed E-state index contributed by atoms with van der Waals surface area (Å²) in [5.74, 6) is 2.66. The summed E-state index contributed by atoms with van der Waals surface area (Å²) in [6, 6.07) is 76.6. The summed E-state index contributed by atoms with van der Waals surface area (Å²) in [7, 11) is 0. The summed E-state index contributed by atoms with van der Waals surface area (Å²) >= 11 is 0. The Kier molecular flexibility index (Phi) is 11.4. The van der Waals surface area contributed by atoms with Crippen molar-refractivity contribution in [3.05, 3.63) is 242 Å². The van der Waals surface area contributed by atoms with Gasteiger partial charge in [-0.15, -0.1) is 0 Å². The zero-order valence-electron chi connectivity index (χ0n) is 45.0. The van der Waals surface area contributed by atoms with E-state index in [-0.39, 0.29) is 10.8 Å². The molecule has 0 radical (unpaired) electrons. The molecule has 0 spiro atoms. The van der Waals surface area contributed by atoms with Crippen molar-refractivity contribution in [1.29, 1.82) is 0 Å². The van der Waals surface area contributed by atoms with E-state index in [1.165, 1.54) is 44.1 Å². The van der Waals surface area contributed by atoms with E-state index in [0.29, 0.717) is 5.92 Å². The molecule has 6 heteroatoms. The Morgan fingerprint density at radius 2 is 1.06 bits per heavy atom. The molecule has 13 aromatic rings. The van der Waals surface area contributed by atoms with Crippen LogP contribution in [0.1, 0.15) is 78.0 Å². The van der Waals surface area contributed by atoms with Gasteiger partial charge in [-0.1, -0.05) is 189 Å². The number of nitrogens with zero attached hydrogens (tertiary/aromatic N) is 5. The maximum atomic E-state index is 6.94. The molecule has 6 nitrogen and oxygen atoms in total. The van der Waals surface area contributed by atoms with Gasteiger partial charge >= 0.3 is 0 Å². The molecule has 13 rings (SSSR count). The molecular weight excluding hydrogens is 939 g/mol. The Morgan fingerprint density at radius 3 is 1.77 bits per heavy atom. The zero-order chi connectivity index (χ0) is 52.7. The summed E-state index contributed by atoms with van der Waals surface area (Å²) < 4.78 is 16.1. The van der Waals surface area contributed by atoms with Gasteiger partial charge in [-0.25, -0.2) is 4.98 Å². The Balaban J connectivity index is 0.941. The van der Waals surface area contributed by atoms with Crippen LogP contribution in [0.2, 0.25) is 0 Å². The highest BCUT2D eigenvalue weighted by molar-refractivity contribution is 6.12. The van der Waals surface area contributed by atoms with Crippen LogP contribution >= 0.6 is 0 Å². The van der Waals surface area contributed by atoms with Gasteiger partial charge in [-0.2, -0.15) is 0 Å². The highest BCUT2D eigenvalue weighted by Crippen LogP contribution is 2.41. The van der Waals surface area contributed by atoms with Crippen LogP contribution in [0.4, 0.5) is 0 Å². The minimum Gasteiger partial charge on any atom is -0.458 e. The van der Waals surface area contributed by atoms with E-state index in [0.717, 1.165) is 83.9 Å². The lowest BCUT2D eigenvalue weighted by Gasteiger charge is -2.27. The first kappa shape index (κ1) is 47.7. The standard InChI is InChI=1S/C71H61N5O/c1-46(2)48-36-37-72-68(40-48)76-64-35-32-53(75-62-28-14-12-24-58(62)59-25-13-15-29-63(59)75)43-61(64)60-34-33-55(44-67(60)76)77-54-23-18-22-52(42-54)73-45-74(66-31-17-16-30-65(66)73)69-56(47-20-10-9-11-21-47)26-19-27-57(69)49-38-50(70(3,4)5)41-51(39-49)71(6,7)8/h9-44,46H,1-8H3. The first-order chi connectivity index (χ1) is 37.3. The zero-order valence-corrected chi connectivity index (χ0v) is 45.0. The Hall–Kier alpha value is -9.00. The first-order valence-electron chi connectivity index (χ1n) is 26.9. The molecule has 0 saturated heterocycles. The van der Waals surface area contributed by atoms with Gasteiger partial charge in [0, 0.05) is 39.5 Å². The van der Waals surface area contributed by atoms with E-state index in [1.54, 1.807) is 0 Å². The number of hydrogen-bond acceptors (Lipinski definition) is 2. The van der Waals surface area contributed by atoms with Crippen molar-refractivity contribution in [2.24, 2.45) is 0 Å². The fourth-order valence-corrected chi connectivity index (χ4v) is 11.3. The molecular formula is C71H61N5O. The van der Waals surface area contributed by atoms with Crippen LogP contribution in [0, 0.1) is 6.33 Å². The van der Waals surface area contributed by atoms with Crippen molar-refractivity contribution >= 4 is 54.6 Å². The van der Waals surface area contributed by atoms with Gasteiger partial charge in [0.25, 0.3) is 6.33 Å². The number of aromatic nitrogens is 5. The molecule has 0 amide bonds. The van der Waals surface area contributed by atoms with Crippen LogP contribution in [0.15, 0.2) is 219 Å². The summed E-state index contributed by atoms with van der Waals surface area (Å²) in [6.07, 6.45) is 5.83. The number of rotatable bonds is 9. The van der Waals surface area contributed by atoms with E-state index < -0.39 is 0 Å². The molecule has 0 fully saturated rings.